The molecule has 4 N–H and O–H groups in total. The molecule has 5 atom stereocenters. The molecule has 7 heteroatoms. The molecule has 30 heavy (non-hydrogen) atoms. The van der Waals surface area contributed by atoms with E-state index in [1.807, 2.05) is 24.5 Å². The van der Waals surface area contributed by atoms with Gasteiger partial charge in [0.25, 0.3) is 6.23 Å². The number of aliphatic hydroxyl groups excluding tert-OH is 4. The number of hydrogen-bond donors (Lipinski definition) is 4. The van der Waals surface area contributed by atoms with Crippen LogP contribution in [0.2, 0.25) is 0 Å². The van der Waals surface area contributed by atoms with Crippen molar-refractivity contribution >= 4 is 0 Å². The van der Waals surface area contributed by atoms with Crippen molar-refractivity contribution in [2.75, 3.05) is 6.61 Å². The molecule has 0 aromatic carbocycles. The Hall–Kier alpha value is -0.570. The van der Waals surface area contributed by atoms with Gasteiger partial charge >= 0.3 is 0 Å². The Morgan fingerprint density at radius 1 is 0.800 bits per heavy atom. The largest absolute Gasteiger partial charge is 1.00 e. The van der Waals surface area contributed by atoms with Crippen molar-refractivity contribution in [1.82, 2.24) is 0 Å². The highest BCUT2D eigenvalue weighted by Crippen LogP contribution is 2.24. The summed E-state index contributed by atoms with van der Waals surface area (Å²) in [4.78, 5) is 0. The fraction of sp³-hybridized carbons (Fsp3) is 0.783. The molecule has 0 aliphatic carbocycles. The molecule has 1 aliphatic heterocycles. The summed E-state index contributed by atoms with van der Waals surface area (Å²) in [6, 6.07) is 3.99. The molecule has 0 bridgehead atoms. The Kier molecular flexibility index (Phi) is 14.0. The van der Waals surface area contributed by atoms with Crippen LogP contribution in [-0.4, -0.2) is 51.4 Å². The highest BCUT2D eigenvalue weighted by atomic mass is 79.9. The van der Waals surface area contributed by atoms with Gasteiger partial charge in [-0.05, 0) is 18.4 Å². The minimum absolute atomic E-state index is 0. The number of rotatable bonds is 13. The number of aryl methyl sites for hydroxylation is 1. The average molecular weight is 490 g/mol. The van der Waals surface area contributed by atoms with Crippen LogP contribution in [0, 0.1) is 0 Å². The normalized spacial score (nSPS) is 26.4. The molecule has 1 fully saturated rings. The van der Waals surface area contributed by atoms with Crippen molar-refractivity contribution in [2.45, 2.75) is 108 Å². The molecule has 0 spiro atoms. The first-order chi connectivity index (χ1) is 14.1. The zero-order valence-electron chi connectivity index (χ0n) is 18.2. The van der Waals surface area contributed by atoms with E-state index in [2.05, 4.69) is 6.92 Å². The fourth-order valence-corrected chi connectivity index (χ4v) is 3.95. The van der Waals surface area contributed by atoms with E-state index in [-0.39, 0.29) is 17.0 Å². The quantitative estimate of drug-likeness (QED) is 0.219. The number of ether oxygens (including phenoxy) is 1. The minimum Gasteiger partial charge on any atom is -1.00 e. The van der Waals surface area contributed by atoms with Gasteiger partial charge in [-0.1, -0.05) is 64.7 Å². The highest BCUT2D eigenvalue weighted by Gasteiger charge is 2.47. The molecule has 6 nitrogen and oxygen atoms in total. The number of nitrogens with zero attached hydrogens (tertiary/aromatic N) is 1. The van der Waals surface area contributed by atoms with E-state index in [1.165, 1.54) is 69.8 Å². The van der Waals surface area contributed by atoms with E-state index in [4.69, 9.17) is 4.74 Å². The van der Waals surface area contributed by atoms with Gasteiger partial charge in [0.15, 0.2) is 18.5 Å². The van der Waals surface area contributed by atoms with Crippen molar-refractivity contribution in [1.29, 1.82) is 0 Å². The standard InChI is InChI=1S/C23H40NO5.BrH/c1-2-3-4-5-6-7-8-9-10-11-12-18-13-15-24(16-14-18)23-22(28)21(27)20(26)19(17-25)29-23;/h13-16,19-23,25-28H,2-12,17H2,1H3;1H/q+1;/p-1/t19-,20-,21+,22-,23+;/m1./s1. The third kappa shape index (κ3) is 8.52. The zero-order valence-corrected chi connectivity index (χ0v) is 19.8. The maximum atomic E-state index is 10.2. The van der Waals surface area contributed by atoms with Crippen LogP contribution in [0.5, 0.6) is 0 Å². The summed E-state index contributed by atoms with van der Waals surface area (Å²) in [7, 11) is 0. The van der Waals surface area contributed by atoms with E-state index in [0.29, 0.717) is 0 Å². The van der Waals surface area contributed by atoms with E-state index >= 15 is 0 Å². The van der Waals surface area contributed by atoms with E-state index in [9.17, 15) is 20.4 Å². The molecular weight excluding hydrogens is 450 g/mol. The van der Waals surface area contributed by atoms with Gasteiger partial charge in [0.1, 0.15) is 18.3 Å². The van der Waals surface area contributed by atoms with Crippen LogP contribution < -0.4 is 21.5 Å². The van der Waals surface area contributed by atoms with Crippen LogP contribution >= 0.6 is 0 Å². The van der Waals surface area contributed by atoms with Gasteiger partial charge in [-0.3, -0.25) is 0 Å². The van der Waals surface area contributed by atoms with Crippen LogP contribution in [0.3, 0.4) is 0 Å². The van der Waals surface area contributed by atoms with Gasteiger partial charge in [-0.25, -0.2) is 0 Å². The first-order valence-corrected chi connectivity index (χ1v) is 11.4. The lowest BCUT2D eigenvalue weighted by atomic mass is 9.98. The molecule has 1 aromatic rings. The van der Waals surface area contributed by atoms with Crippen molar-refractivity contribution < 1.29 is 46.7 Å². The molecule has 0 unspecified atom stereocenters. The third-order valence-electron chi connectivity index (χ3n) is 5.90. The maximum Gasteiger partial charge on any atom is 0.292 e. The van der Waals surface area contributed by atoms with E-state index < -0.39 is 37.3 Å². The lowest BCUT2D eigenvalue weighted by molar-refractivity contribution is -0.778. The monoisotopic (exact) mass is 489 g/mol. The summed E-state index contributed by atoms with van der Waals surface area (Å²) in [5.74, 6) is 0. The molecule has 0 saturated carbocycles. The second-order valence-corrected chi connectivity index (χ2v) is 8.31. The minimum atomic E-state index is -1.36. The van der Waals surface area contributed by atoms with Crippen LogP contribution in [-0.2, 0) is 11.2 Å². The topological polar surface area (TPSA) is 94.0 Å². The number of pyridine rings is 1. The van der Waals surface area contributed by atoms with E-state index in [1.54, 1.807) is 4.57 Å². The molecule has 2 rings (SSSR count). The summed E-state index contributed by atoms with van der Waals surface area (Å²) < 4.78 is 7.25. The lowest BCUT2D eigenvalue weighted by Crippen LogP contribution is -3.00. The Morgan fingerprint density at radius 3 is 1.87 bits per heavy atom. The van der Waals surface area contributed by atoms with Gasteiger partial charge in [-0.2, -0.15) is 4.57 Å². The summed E-state index contributed by atoms with van der Waals surface area (Å²) in [6.45, 7) is 1.83. The van der Waals surface area contributed by atoms with Crippen LogP contribution in [0.25, 0.3) is 0 Å². The number of aromatic nitrogens is 1. The zero-order chi connectivity index (χ0) is 21.1. The molecule has 2 heterocycles. The molecule has 1 aliphatic rings. The predicted octanol–water partition coefficient (Wildman–Crippen LogP) is -0.586. The molecule has 0 radical (unpaired) electrons. The first kappa shape index (κ1) is 27.5. The first-order valence-electron chi connectivity index (χ1n) is 11.4. The maximum absolute atomic E-state index is 10.2. The molecule has 1 saturated heterocycles. The number of aliphatic hydroxyl groups is 4. The second-order valence-electron chi connectivity index (χ2n) is 8.31. The van der Waals surface area contributed by atoms with Gasteiger partial charge in [0, 0.05) is 12.1 Å². The van der Waals surface area contributed by atoms with Crippen LogP contribution in [0.1, 0.15) is 82.9 Å². The SMILES string of the molecule is CCCCCCCCCCCCc1cc[n+]([C@H]2O[C@H](CO)[C@@H](O)[C@H](O)[C@H]2O)cc1.[Br-]. The Morgan fingerprint density at radius 2 is 1.33 bits per heavy atom. The van der Waals surface area contributed by atoms with Crippen LogP contribution in [0.4, 0.5) is 0 Å². The van der Waals surface area contributed by atoms with Crippen LogP contribution in [0.15, 0.2) is 24.5 Å². The average Bonchev–Trinajstić information content (AvgIpc) is 2.74. The number of halogens is 1. The van der Waals surface area contributed by atoms with Crippen molar-refractivity contribution in [2.24, 2.45) is 0 Å². The Bertz CT molecular complexity index is 557. The third-order valence-corrected chi connectivity index (χ3v) is 5.90. The molecular formula is C23H40BrNO5. The summed E-state index contributed by atoms with van der Waals surface area (Å²) in [6.07, 6.45) is 12.2. The number of hydrogen-bond acceptors (Lipinski definition) is 5. The van der Waals surface area contributed by atoms with Crippen molar-refractivity contribution in [3.8, 4) is 0 Å². The Balaban J connectivity index is 0.00000450. The summed E-state index contributed by atoms with van der Waals surface area (Å²) in [5.41, 5.74) is 1.23. The van der Waals surface area contributed by atoms with Gasteiger partial charge < -0.3 is 42.1 Å². The van der Waals surface area contributed by atoms with Gasteiger partial charge in [0.2, 0.25) is 0 Å². The predicted molar refractivity (Wildman–Crippen MR) is 111 cm³/mol. The van der Waals surface area contributed by atoms with Crippen molar-refractivity contribution in [3.63, 3.8) is 0 Å². The highest BCUT2D eigenvalue weighted by molar-refractivity contribution is 5.07. The number of unbranched alkanes of at least 4 members (excludes halogenated alkanes) is 9. The second kappa shape index (κ2) is 15.3. The molecule has 0 amide bonds. The van der Waals surface area contributed by atoms with Gasteiger partial charge in [0.05, 0.1) is 6.61 Å². The summed E-state index contributed by atoms with van der Waals surface area (Å²) in [5, 5.41) is 39.3. The van der Waals surface area contributed by atoms with E-state index in [0.717, 1.165) is 6.42 Å². The molecule has 1 aromatic heterocycles. The smallest absolute Gasteiger partial charge is 0.292 e. The Labute approximate surface area is 191 Å². The molecule has 174 valence electrons. The lowest BCUT2D eigenvalue weighted by Gasteiger charge is -2.36. The summed E-state index contributed by atoms with van der Waals surface area (Å²) >= 11 is 0. The fourth-order valence-electron chi connectivity index (χ4n) is 3.95. The van der Waals surface area contributed by atoms with Crippen molar-refractivity contribution in [3.05, 3.63) is 30.1 Å². The van der Waals surface area contributed by atoms with Gasteiger partial charge in [-0.15, -0.1) is 0 Å².